The van der Waals surface area contributed by atoms with Crippen molar-refractivity contribution < 1.29 is 8.78 Å². The second-order valence-electron chi connectivity index (χ2n) is 7.84. The van der Waals surface area contributed by atoms with Crippen LogP contribution in [0.15, 0.2) is 61.1 Å². The van der Waals surface area contributed by atoms with Gasteiger partial charge in [-0.05, 0) is 47.2 Å². The molecule has 7 nitrogen and oxygen atoms in total. The maximum atomic E-state index is 14.7. The van der Waals surface area contributed by atoms with Crippen LogP contribution < -0.4 is 11.1 Å². The molecule has 10 heteroatoms. The van der Waals surface area contributed by atoms with E-state index in [0.717, 1.165) is 33.0 Å². The topological polar surface area (TPSA) is 94.5 Å². The molecule has 172 valence electrons. The molecule has 0 spiro atoms. The number of fused-ring (bicyclic) bond motifs is 1. The normalized spacial score (nSPS) is 12.2. The highest BCUT2D eigenvalue weighted by Crippen LogP contribution is 2.41. The summed E-state index contributed by atoms with van der Waals surface area (Å²) in [6.07, 6.45) is 4.51. The summed E-state index contributed by atoms with van der Waals surface area (Å²) in [6.45, 7) is 2.94. The van der Waals surface area contributed by atoms with Crippen molar-refractivity contribution in [2.24, 2.45) is 5.73 Å². The molecule has 2 aromatic carbocycles. The van der Waals surface area contributed by atoms with Crippen LogP contribution in [0.5, 0.6) is 0 Å². The Kier molecular flexibility index (Phi) is 5.99. The summed E-state index contributed by atoms with van der Waals surface area (Å²) in [7, 11) is 0. The van der Waals surface area contributed by atoms with Crippen LogP contribution in [0.1, 0.15) is 18.5 Å². The van der Waals surface area contributed by atoms with Crippen LogP contribution >= 0.6 is 11.3 Å². The number of anilines is 1. The second kappa shape index (κ2) is 9.24. The standard InChI is InChI=1S/C24H21F2N7S/c1-14(27)17-6-5-16(25)12-19(17)18-4-2-3-15-11-21(34-23(15)18)22-20(26)13-29-24(31-22)28-7-9-33-10-8-30-32-33/h2-6,8,10-14H,7,9,27H2,1H3,(H,28,29,31)/t14-/m1/s1. The summed E-state index contributed by atoms with van der Waals surface area (Å²) in [4.78, 5) is 9.11. The lowest BCUT2D eigenvalue weighted by molar-refractivity contribution is 0.604. The van der Waals surface area contributed by atoms with E-state index in [9.17, 15) is 8.78 Å². The van der Waals surface area contributed by atoms with Crippen molar-refractivity contribution in [2.45, 2.75) is 19.5 Å². The number of nitrogens with zero attached hydrogens (tertiary/aromatic N) is 5. The minimum atomic E-state index is -0.517. The molecule has 34 heavy (non-hydrogen) atoms. The van der Waals surface area contributed by atoms with E-state index in [4.69, 9.17) is 5.73 Å². The number of aromatic nitrogens is 5. The van der Waals surface area contributed by atoms with E-state index in [1.54, 1.807) is 23.1 Å². The minimum absolute atomic E-state index is 0.206. The van der Waals surface area contributed by atoms with Gasteiger partial charge in [0.25, 0.3) is 0 Å². The molecule has 0 radical (unpaired) electrons. The van der Waals surface area contributed by atoms with Crippen molar-refractivity contribution >= 4 is 27.4 Å². The molecule has 3 N–H and O–H groups in total. The molecule has 5 aromatic rings. The first-order chi connectivity index (χ1) is 16.5. The lowest BCUT2D eigenvalue weighted by atomic mass is 9.95. The summed E-state index contributed by atoms with van der Waals surface area (Å²) in [6, 6.07) is 12.0. The van der Waals surface area contributed by atoms with Gasteiger partial charge in [0.15, 0.2) is 5.82 Å². The Morgan fingerprint density at radius 1 is 1.15 bits per heavy atom. The molecule has 3 heterocycles. The SMILES string of the molecule is C[C@@H](N)c1ccc(F)cc1-c1cccc2cc(-c3nc(NCCn4ccnn4)ncc3F)sc12. The first-order valence-corrected chi connectivity index (χ1v) is 11.5. The van der Waals surface area contributed by atoms with Gasteiger partial charge in [0.1, 0.15) is 11.5 Å². The molecule has 0 bridgehead atoms. The summed E-state index contributed by atoms with van der Waals surface area (Å²) in [5.74, 6) is -0.535. The number of benzene rings is 2. The third-order valence-corrected chi connectivity index (χ3v) is 6.60. The fourth-order valence-corrected chi connectivity index (χ4v) is 4.99. The van der Waals surface area contributed by atoms with Gasteiger partial charge in [-0.2, -0.15) is 0 Å². The van der Waals surface area contributed by atoms with E-state index in [2.05, 4.69) is 25.6 Å². The van der Waals surface area contributed by atoms with Crippen molar-refractivity contribution in [1.29, 1.82) is 0 Å². The van der Waals surface area contributed by atoms with Gasteiger partial charge in [-0.25, -0.2) is 18.7 Å². The molecule has 0 amide bonds. The first-order valence-electron chi connectivity index (χ1n) is 10.7. The van der Waals surface area contributed by atoms with Crippen LogP contribution in [-0.4, -0.2) is 31.5 Å². The largest absolute Gasteiger partial charge is 0.352 e. The van der Waals surface area contributed by atoms with E-state index in [1.807, 2.05) is 31.2 Å². The lowest BCUT2D eigenvalue weighted by Gasteiger charge is -2.14. The van der Waals surface area contributed by atoms with Gasteiger partial charge in [0, 0.05) is 23.5 Å². The fraction of sp³-hybridized carbons (Fsp3) is 0.167. The number of hydrogen-bond donors (Lipinski definition) is 2. The third-order valence-electron chi connectivity index (χ3n) is 5.41. The Hall–Kier alpha value is -3.76. The van der Waals surface area contributed by atoms with Crippen molar-refractivity contribution in [3.63, 3.8) is 0 Å². The van der Waals surface area contributed by atoms with Crippen LogP contribution in [0.4, 0.5) is 14.7 Å². The highest BCUT2D eigenvalue weighted by Gasteiger charge is 2.17. The quantitative estimate of drug-likeness (QED) is 0.342. The summed E-state index contributed by atoms with van der Waals surface area (Å²) >= 11 is 1.40. The van der Waals surface area contributed by atoms with Gasteiger partial charge in [0.05, 0.1) is 23.8 Å². The van der Waals surface area contributed by atoms with Crippen LogP contribution in [0.2, 0.25) is 0 Å². The van der Waals surface area contributed by atoms with Crippen LogP contribution in [0.25, 0.3) is 31.8 Å². The maximum absolute atomic E-state index is 14.7. The molecular weight excluding hydrogens is 456 g/mol. The molecule has 3 aromatic heterocycles. The van der Waals surface area contributed by atoms with Gasteiger partial charge in [-0.15, -0.1) is 16.4 Å². The van der Waals surface area contributed by atoms with E-state index < -0.39 is 5.82 Å². The summed E-state index contributed by atoms with van der Waals surface area (Å²) in [5, 5.41) is 11.7. The molecule has 0 saturated carbocycles. The van der Waals surface area contributed by atoms with Gasteiger partial charge >= 0.3 is 0 Å². The van der Waals surface area contributed by atoms with Crippen LogP contribution in [0, 0.1) is 11.6 Å². The van der Waals surface area contributed by atoms with Gasteiger partial charge in [0.2, 0.25) is 5.95 Å². The Morgan fingerprint density at radius 2 is 2.03 bits per heavy atom. The molecule has 0 aliphatic heterocycles. The lowest BCUT2D eigenvalue weighted by Crippen LogP contribution is -2.13. The van der Waals surface area contributed by atoms with Crippen LogP contribution in [-0.2, 0) is 6.54 Å². The number of nitrogens with two attached hydrogens (primary N) is 1. The van der Waals surface area contributed by atoms with Crippen LogP contribution in [0.3, 0.4) is 0 Å². The monoisotopic (exact) mass is 477 g/mol. The van der Waals surface area contributed by atoms with Gasteiger partial charge in [-0.1, -0.05) is 29.5 Å². The molecule has 0 unspecified atom stereocenters. The molecule has 0 saturated heterocycles. The summed E-state index contributed by atoms with van der Waals surface area (Å²) < 4.78 is 31.5. The van der Waals surface area contributed by atoms with E-state index >= 15 is 0 Å². The Balaban J connectivity index is 1.51. The average Bonchev–Trinajstić information content (AvgIpc) is 3.49. The van der Waals surface area contributed by atoms with E-state index in [0.29, 0.717) is 23.9 Å². The van der Waals surface area contributed by atoms with Gasteiger partial charge < -0.3 is 11.1 Å². The zero-order valence-corrected chi connectivity index (χ0v) is 19.1. The van der Waals surface area contributed by atoms with Crippen molar-refractivity contribution in [3.8, 4) is 21.7 Å². The van der Waals surface area contributed by atoms with Crippen molar-refractivity contribution in [1.82, 2.24) is 25.0 Å². The highest BCUT2D eigenvalue weighted by molar-refractivity contribution is 7.22. The number of nitrogens with one attached hydrogen (secondary N) is 1. The number of halogens is 2. The zero-order valence-electron chi connectivity index (χ0n) is 18.2. The minimum Gasteiger partial charge on any atom is -0.352 e. The van der Waals surface area contributed by atoms with E-state index in [-0.39, 0.29) is 17.6 Å². The Labute approximate surface area is 198 Å². The van der Waals surface area contributed by atoms with Crippen molar-refractivity contribution in [2.75, 3.05) is 11.9 Å². The second-order valence-corrected chi connectivity index (χ2v) is 8.89. The molecule has 0 aliphatic carbocycles. The molecule has 0 fully saturated rings. The third kappa shape index (κ3) is 4.37. The highest BCUT2D eigenvalue weighted by atomic mass is 32.1. The molecule has 5 rings (SSSR count). The predicted molar refractivity (Wildman–Crippen MR) is 129 cm³/mol. The number of thiophene rings is 1. The maximum Gasteiger partial charge on any atom is 0.223 e. The number of rotatable bonds is 7. The molecule has 0 aliphatic rings. The first kappa shape index (κ1) is 22.1. The predicted octanol–water partition coefficient (Wildman–Crippen LogP) is 5.03. The average molecular weight is 478 g/mol. The Morgan fingerprint density at radius 3 is 2.82 bits per heavy atom. The van der Waals surface area contributed by atoms with Crippen molar-refractivity contribution in [3.05, 3.63) is 78.3 Å². The fourth-order valence-electron chi connectivity index (χ4n) is 3.81. The smallest absolute Gasteiger partial charge is 0.223 e. The summed E-state index contributed by atoms with van der Waals surface area (Å²) in [5.41, 5.74) is 8.77. The number of hydrogen-bond acceptors (Lipinski definition) is 7. The van der Waals surface area contributed by atoms with E-state index in [1.165, 1.54) is 23.5 Å². The molecule has 1 atom stereocenters. The van der Waals surface area contributed by atoms with Gasteiger partial charge in [-0.3, -0.25) is 4.68 Å². The Bertz CT molecular complexity index is 1450. The zero-order chi connectivity index (χ0) is 23.7. The molecular formula is C24H21F2N7S.